The summed E-state index contributed by atoms with van der Waals surface area (Å²) in [6, 6.07) is 7.79. The molecule has 2 heteroatoms. The molecule has 0 saturated carbocycles. The van der Waals surface area contributed by atoms with Crippen molar-refractivity contribution < 1.29 is 9.90 Å². The van der Waals surface area contributed by atoms with Crippen LogP contribution in [0.25, 0.3) is 0 Å². The highest BCUT2D eigenvalue weighted by molar-refractivity contribution is 6.05. The number of benzene rings is 1. The van der Waals surface area contributed by atoms with Crippen LogP contribution in [-0.2, 0) is 0 Å². The van der Waals surface area contributed by atoms with E-state index in [1.807, 2.05) is 37.3 Å². The molecule has 3 atom stereocenters. The number of hydrogen-bond donors (Lipinski definition) is 1. The van der Waals surface area contributed by atoms with Crippen molar-refractivity contribution in [1.29, 1.82) is 0 Å². The minimum atomic E-state index is -0.481. The number of allylic oxidation sites excluding steroid dienone is 2. The number of fused-ring (bicyclic) bond motifs is 3. The van der Waals surface area contributed by atoms with Crippen molar-refractivity contribution >= 4 is 5.78 Å². The Morgan fingerprint density at radius 3 is 2.61 bits per heavy atom. The van der Waals surface area contributed by atoms with E-state index in [2.05, 4.69) is 6.08 Å². The van der Waals surface area contributed by atoms with Crippen molar-refractivity contribution in [3.05, 3.63) is 58.7 Å². The second-order valence-corrected chi connectivity index (χ2v) is 5.15. The van der Waals surface area contributed by atoms with Gasteiger partial charge in [0, 0.05) is 11.5 Å². The van der Waals surface area contributed by atoms with Gasteiger partial charge in [-0.1, -0.05) is 36.4 Å². The van der Waals surface area contributed by atoms with Gasteiger partial charge >= 0.3 is 0 Å². The molecule has 18 heavy (non-hydrogen) atoms. The molecule has 3 unspecified atom stereocenters. The predicted molar refractivity (Wildman–Crippen MR) is 70.5 cm³/mol. The molecule has 0 saturated heterocycles. The highest BCUT2D eigenvalue weighted by Crippen LogP contribution is 2.44. The second-order valence-electron chi connectivity index (χ2n) is 5.15. The molecular formula is C16H16O2. The molecule has 92 valence electrons. The van der Waals surface area contributed by atoms with Crippen molar-refractivity contribution in [3.63, 3.8) is 0 Å². The molecule has 0 heterocycles. The van der Waals surface area contributed by atoms with Gasteiger partial charge in [-0.3, -0.25) is 4.79 Å². The molecule has 2 nitrogen and oxygen atoms in total. The standard InChI is InChI=1S/C16H16O2/c1-9-7-15-14(8-13(9)10(2)17)11-5-3-4-6-12(11)16(15)18/h3-8,10,14-15,17H,1-2H3. The van der Waals surface area contributed by atoms with Gasteiger partial charge in [-0.15, -0.1) is 0 Å². The smallest absolute Gasteiger partial charge is 0.170 e. The summed E-state index contributed by atoms with van der Waals surface area (Å²) in [5.41, 5.74) is 3.89. The van der Waals surface area contributed by atoms with Crippen molar-refractivity contribution in [2.45, 2.75) is 25.9 Å². The zero-order valence-electron chi connectivity index (χ0n) is 10.6. The molecule has 0 aromatic heterocycles. The Labute approximate surface area is 107 Å². The summed E-state index contributed by atoms with van der Waals surface area (Å²) in [7, 11) is 0. The van der Waals surface area contributed by atoms with E-state index in [0.29, 0.717) is 0 Å². The zero-order valence-corrected chi connectivity index (χ0v) is 10.6. The lowest BCUT2D eigenvalue weighted by molar-refractivity contribution is 0.0953. The first-order valence-electron chi connectivity index (χ1n) is 6.31. The molecular weight excluding hydrogens is 224 g/mol. The van der Waals surface area contributed by atoms with Gasteiger partial charge < -0.3 is 5.11 Å². The first-order chi connectivity index (χ1) is 8.59. The van der Waals surface area contributed by atoms with Crippen LogP contribution < -0.4 is 0 Å². The summed E-state index contributed by atoms with van der Waals surface area (Å²) in [5.74, 6) is 0.225. The van der Waals surface area contributed by atoms with Crippen molar-refractivity contribution in [2.75, 3.05) is 0 Å². The van der Waals surface area contributed by atoms with Crippen LogP contribution in [0.2, 0.25) is 0 Å². The van der Waals surface area contributed by atoms with E-state index in [4.69, 9.17) is 0 Å². The third-order valence-electron chi connectivity index (χ3n) is 3.97. The van der Waals surface area contributed by atoms with Crippen LogP contribution in [0.3, 0.4) is 0 Å². The van der Waals surface area contributed by atoms with Gasteiger partial charge in [0.05, 0.1) is 12.0 Å². The number of carbonyl (C=O) groups excluding carboxylic acids is 1. The van der Waals surface area contributed by atoms with Gasteiger partial charge in [-0.2, -0.15) is 0 Å². The van der Waals surface area contributed by atoms with E-state index in [0.717, 1.165) is 22.3 Å². The average Bonchev–Trinajstić information content (AvgIpc) is 2.62. The summed E-state index contributed by atoms with van der Waals surface area (Å²) in [4.78, 5) is 12.3. The number of rotatable bonds is 1. The monoisotopic (exact) mass is 240 g/mol. The lowest BCUT2D eigenvalue weighted by Crippen LogP contribution is -2.18. The SMILES string of the molecule is CC1=CC2C(=O)c3ccccc3C2C=C1C(C)O. The molecule has 3 rings (SSSR count). The Balaban J connectivity index is 2.14. The molecule has 1 N–H and O–H groups in total. The van der Waals surface area contributed by atoms with Gasteiger partial charge in [-0.05, 0) is 30.6 Å². The van der Waals surface area contributed by atoms with Crippen LogP contribution in [0.4, 0.5) is 0 Å². The number of aliphatic hydroxyl groups is 1. The molecule has 1 aromatic rings. The quantitative estimate of drug-likeness (QED) is 0.819. The first kappa shape index (κ1) is 11.4. The molecule has 2 aliphatic rings. The molecule has 0 fully saturated rings. The van der Waals surface area contributed by atoms with E-state index in [9.17, 15) is 9.90 Å². The third-order valence-corrected chi connectivity index (χ3v) is 3.97. The van der Waals surface area contributed by atoms with Gasteiger partial charge in [0.2, 0.25) is 0 Å². The van der Waals surface area contributed by atoms with Gasteiger partial charge in [-0.25, -0.2) is 0 Å². The number of carbonyl (C=O) groups is 1. The van der Waals surface area contributed by atoms with Crippen molar-refractivity contribution in [3.8, 4) is 0 Å². The van der Waals surface area contributed by atoms with Crippen LogP contribution in [0.1, 0.15) is 35.7 Å². The van der Waals surface area contributed by atoms with E-state index in [1.165, 1.54) is 0 Å². The number of hydrogen-bond acceptors (Lipinski definition) is 2. The highest BCUT2D eigenvalue weighted by Gasteiger charge is 2.39. The van der Waals surface area contributed by atoms with Gasteiger partial charge in [0.15, 0.2) is 5.78 Å². The van der Waals surface area contributed by atoms with E-state index in [1.54, 1.807) is 6.92 Å². The Hall–Kier alpha value is -1.67. The maximum Gasteiger partial charge on any atom is 0.170 e. The van der Waals surface area contributed by atoms with Crippen LogP contribution in [0.5, 0.6) is 0 Å². The summed E-state index contributed by atoms with van der Waals surface area (Å²) >= 11 is 0. The second kappa shape index (κ2) is 3.92. The fourth-order valence-corrected chi connectivity index (χ4v) is 3.08. The minimum absolute atomic E-state index is 0.0788. The minimum Gasteiger partial charge on any atom is -0.389 e. The normalized spacial score (nSPS) is 27.2. The van der Waals surface area contributed by atoms with Crippen LogP contribution in [0.15, 0.2) is 47.6 Å². The Morgan fingerprint density at radius 2 is 1.89 bits per heavy atom. The van der Waals surface area contributed by atoms with E-state index in [-0.39, 0.29) is 17.6 Å². The van der Waals surface area contributed by atoms with Crippen LogP contribution >= 0.6 is 0 Å². The summed E-state index contributed by atoms with van der Waals surface area (Å²) in [6.07, 6.45) is 3.59. The molecule has 0 aliphatic heterocycles. The molecule has 0 amide bonds. The Morgan fingerprint density at radius 1 is 1.17 bits per heavy atom. The van der Waals surface area contributed by atoms with E-state index < -0.39 is 6.10 Å². The zero-order chi connectivity index (χ0) is 12.9. The fraction of sp³-hybridized carbons (Fsp3) is 0.312. The van der Waals surface area contributed by atoms with Crippen molar-refractivity contribution in [1.82, 2.24) is 0 Å². The lowest BCUT2D eigenvalue weighted by Gasteiger charge is -2.23. The van der Waals surface area contributed by atoms with Crippen LogP contribution in [-0.4, -0.2) is 17.0 Å². The number of Topliss-reactive ketones (excluding diaryl/α,β-unsaturated/α-hetero) is 1. The summed E-state index contributed by atoms with van der Waals surface area (Å²) in [5, 5.41) is 9.79. The molecule has 1 aromatic carbocycles. The third kappa shape index (κ3) is 1.49. The first-order valence-corrected chi connectivity index (χ1v) is 6.31. The number of ketones is 1. The highest BCUT2D eigenvalue weighted by atomic mass is 16.3. The topological polar surface area (TPSA) is 37.3 Å². The summed E-state index contributed by atoms with van der Waals surface area (Å²) in [6.45, 7) is 3.73. The predicted octanol–water partition coefficient (Wildman–Crippen LogP) is 2.85. The lowest BCUT2D eigenvalue weighted by atomic mass is 9.81. The fourth-order valence-electron chi connectivity index (χ4n) is 3.08. The van der Waals surface area contributed by atoms with Gasteiger partial charge in [0.1, 0.15) is 0 Å². The molecule has 0 bridgehead atoms. The van der Waals surface area contributed by atoms with Gasteiger partial charge in [0.25, 0.3) is 0 Å². The molecule has 0 spiro atoms. The Kier molecular flexibility index (Phi) is 2.49. The maximum atomic E-state index is 12.3. The molecule has 0 radical (unpaired) electrons. The maximum absolute atomic E-state index is 12.3. The van der Waals surface area contributed by atoms with Crippen LogP contribution in [0, 0.1) is 5.92 Å². The van der Waals surface area contributed by atoms with E-state index >= 15 is 0 Å². The number of aliphatic hydroxyl groups excluding tert-OH is 1. The molecule has 2 aliphatic carbocycles. The Bertz CT molecular complexity index is 579. The average molecular weight is 240 g/mol. The van der Waals surface area contributed by atoms with Crippen molar-refractivity contribution in [2.24, 2.45) is 5.92 Å². The summed E-state index contributed by atoms with van der Waals surface area (Å²) < 4.78 is 0. The largest absolute Gasteiger partial charge is 0.389 e.